The van der Waals surface area contributed by atoms with Crippen LogP contribution >= 0.6 is 0 Å². The van der Waals surface area contributed by atoms with Crippen LogP contribution in [-0.2, 0) is 4.79 Å². The summed E-state index contributed by atoms with van der Waals surface area (Å²) in [6, 6.07) is 0. The molecule has 2 atom stereocenters. The predicted octanol–water partition coefficient (Wildman–Crippen LogP) is 5.87. The van der Waals surface area contributed by atoms with Crippen molar-refractivity contribution >= 4 is 5.78 Å². The van der Waals surface area contributed by atoms with Crippen LogP contribution in [0.25, 0.3) is 0 Å². The normalized spacial score (nSPS) is 13.8. The largest absolute Gasteiger partial charge is 0.394 e. The van der Waals surface area contributed by atoms with Crippen molar-refractivity contribution in [1.82, 2.24) is 0 Å². The van der Waals surface area contributed by atoms with Gasteiger partial charge in [-0.05, 0) is 32.1 Å². The number of Topliss-reactive ketones (excluding diaryl/α,β-unsaturated/α-hetero) is 1. The molecule has 172 valence electrons. The number of hydrogen-bond acceptors (Lipinski definition) is 4. The molecule has 29 heavy (non-hydrogen) atoms. The summed E-state index contributed by atoms with van der Waals surface area (Å²) in [5, 5.41) is 27.4. The average molecular weight is 413 g/mol. The van der Waals surface area contributed by atoms with Gasteiger partial charge in [0.2, 0.25) is 0 Å². The summed E-state index contributed by atoms with van der Waals surface area (Å²) in [4.78, 5) is 11.6. The molecule has 3 N–H and O–H groups in total. The van der Waals surface area contributed by atoms with Gasteiger partial charge in [0.05, 0.1) is 6.61 Å². The SMILES string of the molecule is CCCCCCCCC=CCCCCCCCCCCCC(=O)C(O)C(O)CO. The molecule has 0 aliphatic rings. The Morgan fingerprint density at radius 1 is 0.690 bits per heavy atom. The number of unbranched alkanes of at least 4 members (excludes halogenated alkanes) is 15. The minimum atomic E-state index is -1.44. The molecule has 0 amide bonds. The molecule has 0 aromatic heterocycles. The number of carbonyl (C=O) groups excluding carboxylic acids is 1. The molecule has 0 radical (unpaired) electrons. The van der Waals surface area contributed by atoms with E-state index in [1.165, 1.54) is 89.9 Å². The molecule has 0 rings (SSSR count). The highest BCUT2D eigenvalue weighted by Crippen LogP contribution is 2.13. The first-order chi connectivity index (χ1) is 14.1. The van der Waals surface area contributed by atoms with Crippen LogP contribution in [0.3, 0.4) is 0 Å². The Labute approximate surface area is 179 Å². The molecule has 0 fully saturated rings. The van der Waals surface area contributed by atoms with Gasteiger partial charge in [-0.2, -0.15) is 0 Å². The fourth-order valence-corrected chi connectivity index (χ4v) is 3.54. The Bertz CT molecular complexity index is 381. The zero-order valence-corrected chi connectivity index (χ0v) is 19.0. The minimum absolute atomic E-state index is 0.282. The van der Waals surface area contributed by atoms with Gasteiger partial charge in [-0.25, -0.2) is 0 Å². The lowest BCUT2D eigenvalue weighted by atomic mass is 10.0. The Balaban J connectivity index is 3.26. The maximum Gasteiger partial charge on any atom is 0.164 e. The first-order valence-corrected chi connectivity index (χ1v) is 12.3. The van der Waals surface area contributed by atoms with E-state index >= 15 is 0 Å². The summed E-state index contributed by atoms with van der Waals surface area (Å²) in [7, 11) is 0. The number of allylic oxidation sites excluding steroid dienone is 2. The quantitative estimate of drug-likeness (QED) is 0.153. The molecule has 0 aliphatic carbocycles. The molecule has 4 heteroatoms. The molecule has 2 unspecified atom stereocenters. The first kappa shape index (κ1) is 28.3. The van der Waals surface area contributed by atoms with Crippen LogP contribution in [0, 0.1) is 0 Å². The van der Waals surface area contributed by atoms with E-state index in [4.69, 9.17) is 5.11 Å². The van der Waals surface area contributed by atoms with Gasteiger partial charge < -0.3 is 15.3 Å². The molecule has 0 saturated heterocycles. The van der Waals surface area contributed by atoms with E-state index in [-0.39, 0.29) is 12.2 Å². The Morgan fingerprint density at radius 3 is 1.55 bits per heavy atom. The van der Waals surface area contributed by atoms with Crippen molar-refractivity contribution < 1.29 is 20.1 Å². The zero-order chi connectivity index (χ0) is 21.6. The molecular weight excluding hydrogens is 364 g/mol. The smallest absolute Gasteiger partial charge is 0.164 e. The third-order valence-electron chi connectivity index (χ3n) is 5.57. The lowest BCUT2D eigenvalue weighted by Gasteiger charge is -2.13. The highest BCUT2D eigenvalue weighted by atomic mass is 16.4. The maximum absolute atomic E-state index is 11.6. The van der Waals surface area contributed by atoms with E-state index in [1.807, 2.05) is 0 Å². The zero-order valence-electron chi connectivity index (χ0n) is 19.0. The predicted molar refractivity (Wildman–Crippen MR) is 122 cm³/mol. The molecular formula is C25H48O4. The van der Waals surface area contributed by atoms with Gasteiger partial charge in [0, 0.05) is 6.42 Å². The van der Waals surface area contributed by atoms with E-state index < -0.39 is 18.8 Å². The van der Waals surface area contributed by atoms with Gasteiger partial charge >= 0.3 is 0 Å². The average Bonchev–Trinajstić information content (AvgIpc) is 2.74. The number of carbonyl (C=O) groups is 1. The fourth-order valence-electron chi connectivity index (χ4n) is 3.54. The van der Waals surface area contributed by atoms with Gasteiger partial charge in [0.25, 0.3) is 0 Å². The van der Waals surface area contributed by atoms with E-state index in [0.717, 1.165) is 19.3 Å². The Kier molecular flexibility index (Phi) is 21.4. The molecule has 0 aliphatic heterocycles. The summed E-state index contributed by atoms with van der Waals surface area (Å²) < 4.78 is 0. The van der Waals surface area contributed by atoms with E-state index in [0.29, 0.717) is 0 Å². The summed E-state index contributed by atoms with van der Waals surface area (Å²) in [6.07, 6.45) is 23.5. The molecule has 0 aromatic rings. The van der Waals surface area contributed by atoms with Crippen molar-refractivity contribution in [3.8, 4) is 0 Å². The van der Waals surface area contributed by atoms with Crippen LogP contribution in [-0.4, -0.2) is 39.9 Å². The molecule has 0 spiro atoms. The Hall–Kier alpha value is -0.710. The highest BCUT2D eigenvalue weighted by Gasteiger charge is 2.22. The van der Waals surface area contributed by atoms with Crippen molar-refractivity contribution in [2.75, 3.05) is 6.61 Å². The second-order valence-electron chi connectivity index (χ2n) is 8.41. The van der Waals surface area contributed by atoms with Gasteiger partial charge in [-0.1, -0.05) is 96.1 Å². The van der Waals surface area contributed by atoms with Crippen LogP contribution in [0.2, 0.25) is 0 Å². The van der Waals surface area contributed by atoms with Crippen LogP contribution in [0.15, 0.2) is 12.2 Å². The van der Waals surface area contributed by atoms with Gasteiger partial charge in [-0.3, -0.25) is 4.79 Å². The highest BCUT2D eigenvalue weighted by molar-refractivity contribution is 5.83. The van der Waals surface area contributed by atoms with Gasteiger partial charge in [0.1, 0.15) is 12.2 Å². The van der Waals surface area contributed by atoms with E-state index in [9.17, 15) is 15.0 Å². The topological polar surface area (TPSA) is 77.8 Å². The third-order valence-corrected chi connectivity index (χ3v) is 5.57. The number of aliphatic hydroxyl groups excluding tert-OH is 3. The van der Waals surface area contributed by atoms with Crippen molar-refractivity contribution in [2.45, 2.75) is 135 Å². The van der Waals surface area contributed by atoms with Crippen LogP contribution in [0.5, 0.6) is 0 Å². The number of hydrogen-bond donors (Lipinski definition) is 3. The van der Waals surface area contributed by atoms with E-state index in [2.05, 4.69) is 19.1 Å². The van der Waals surface area contributed by atoms with Crippen molar-refractivity contribution in [3.63, 3.8) is 0 Å². The van der Waals surface area contributed by atoms with Gasteiger partial charge in [0.15, 0.2) is 5.78 Å². The summed E-state index contributed by atoms with van der Waals surface area (Å²) in [6.45, 7) is 1.68. The van der Waals surface area contributed by atoms with Crippen molar-refractivity contribution in [3.05, 3.63) is 12.2 Å². The summed E-state index contributed by atoms with van der Waals surface area (Å²) in [5.74, 6) is -0.368. The monoisotopic (exact) mass is 412 g/mol. The van der Waals surface area contributed by atoms with Gasteiger partial charge in [-0.15, -0.1) is 0 Å². The van der Waals surface area contributed by atoms with Crippen molar-refractivity contribution in [2.24, 2.45) is 0 Å². The third kappa shape index (κ3) is 19.0. The second-order valence-corrected chi connectivity index (χ2v) is 8.41. The minimum Gasteiger partial charge on any atom is -0.394 e. The van der Waals surface area contributed by atoms with Crippen molar-refractivity contribution in [1.29, 1.82) is 0 Å². The molecule has 0 aromatic carbocycles. The van der Waals surface area contributed by atoms with Crippen LogP contribution in [0.4, 0.5) is 0 Å². The molecule has 0 saturated carbocycles. The maximum atomic E-state index is 11.6. The van der Waals surface area contributed by atoms with E-state index in [1.54, 1.807) is 0 Å². The van der Waals surface area contributed by atoms with Crippen LogP contribution in [0.1, 0.15) is 122 Å². The summed E-state index contributed by atoms with van der Waals surface area (Å²) in [5.41, 5.74) is 0. The lowest BCUT2D eigenvalue weighted by molar-refractivity contribution is -0.134. The molecule has 4 nitrogen and oxygen atoms in total. The van der Waals surface area contributed by atoms with Crippen LogP contribution < -0.4 is 0 Å². The second kappa shape index (κ2) is 22.0. The number of rotatable bonds is 22. The molecule has 0 heterocycles. The fraction of sp³-hybridized carbons (Fsp3) is 0.880. The number of aliphatic hydroxyl groups is 3. The number of ketones is 1. The first-order valence-electron chi connectivity index (χ1n) is 12.3. The Morgan fingerprint density at radius 2 is 1.10 bits per heavy atom. The standard InChI is InChI=1S/C25H48O4/c1-2-3-4-5-6-7-8-9-10-11-12-13-14-15-16-17-18-19-20-21-23(27)25(29)24(28)22-26/h9-10,24-26,28-29H,2-8,11-22H2,1H3. The lowest BCUT2D eigenvalue weighted by Crippen LogP contribution is -2.36. The summed E-state index contributed by atoms with van der Waals surface area (Å²) >= 11 is 0. The molecule has 0 bridgehead atoms.